The summed E-state index contributed by atoms with van der Waals surface area (Å²) in [6.07, 6.45) is 19.8. The Bertz CT molecular complexity index is 501. The third-order valence-corrected chi connectivity index (χ3v) is 7.10. The molecule has 2 spiro atoms. The van der Waals surface area contributed by atoms with Crippen LogP contribution in [0.2, 0.25) is 0 Å². The summed E-state index contributed by atoms with van der Waals surface area (Å²) in [4.78, 5) is 12.9. The highest BCUT2D eigenvalue weighted by atomic mass is 16.1. The smallest absolute Gasteiger partial charge is 0.161 e. The van der Waals surface area contributed by atoms with Gasteiger partial charge in [-0.15, -0.1) is 0 Å². The van der Waals surface area contributed by atoms with Gasteiger partial charge < -0.3 is 10.6 Å². The fraction of sp³-hybridized carbons (Fsp3) is 0.667. The number of carbonyl (C=O) groups excluding carboxylic acids is 1. The second-order valence-corrected chi connectivity index (χ2v) is 8.50. The Morgan fingerprint density at radius 2 is 1.29 bits per heavy atom. The average Bonchev–Trinajstić information content (AvgIpc) is 3.26. The molecule has 0 aromatic heterocycles. The average molecular weight is 326 g/mol. The highest BCUT2D eigenvalue weighted by Crippen LogP contribution is 2.42. The summed E-state index contributed by atoms with van der Waals surface area (Å²) >= 11 is 0. The first-order valence-corrected chi connectivity index (χ1v) is 9.70. The normalized spacial score (nSPS) is 40.7. The number of nitrogens with one attached hydrogen (secondary N) is 2. The molecule has 2 fully saturated rings. The van der Waals surface area contributed by atoms with Crippen molar-refractivity contribution in [3.05, 3.63) is 36.7 Å². The summed E-state index contributed by atoms with van der Waals surface area (Å²) in [6.45, 7) is 4.24. The molecular weight excluding hydrogens is 296 g/mol. The van der Waals surface area contributed by atoms with Gasteiger partial charge in [-0.25, -0.2) is 0 Å². The van der Waals surface area contributed by atoms with Crippen LogP contribution < -0.4 is 10.6 Å². The molecule has 4 rings (SSSR count). The maximum absolute atomic E-state index is 12.9. The molecular formula is C21H30N2O. The molecule has 0 radical (unpaired) electrons. The molecule has 0 aromatic carbocycles. The van der Waals surface area contributed by atoms with Crippen molar-refractivity contribution in [1.29, 1.82) is 0 Å². The minimum absolute atomic E-state index is 0.215. The highest BCUT2D eigenvalue weighted by molar-refractivity contribution is 5.97. The van der Waals surface area contributed by atoms with E-state index in [2.05, 4.69) is 41.8 Å². The van der Waals surface area contributed by atoms with Crippen LogP contribution in [0.5, 0.6) is 0 Å². The summed E-state index contributed by atoms with van der Waals surface area (Å²) in [5.41, 5.74) is 1.48. The number of rotatable bonds is 3. The molecule has 0 atom stereocenters. The lowest BCUT2D eigenvalue weighted by atomic mass is 9.69. The number of allylic oxidation sites excluding steroid dienone is 1. The van der Waals surface area contributed by atoms with Gasteiger partial charge in [-0.1, -0.05) is 18.7 Å². The fourth-order valence-corrected chi connectivity index (χ4v) is 5.27. The number of carbonyl (C=O) groups is 1. The molecule has 2 aliphatic heterocycles. The van der Waals surface area contributed by atoms with Crippen LogP contribution in [0.3, 0.4) is 0 Å². The van der Waals surface area contributed by atoms with Crippen molar-refractivity contribution in [3.8, 4) is 0 Å². The minimum atomic E-state index is 0.215. The first-order valence-electron chi connectivity index (χ1n) is 9.70. The Kier molecular flexibility index (Phi) is 4.06. The molecule has 4 aliphatic rings. The minimum Gasteiger partial charge on any atom is -0.385 e. The van der Waals surface area contributed by atoms with Gasteiger partial charge in [-0.2, -0.15) is 0 Å². The summed E-state index contributed by atoms with van der Waals surface area (Å²) in [5.74, 6) is 0.995. The summed E-state index contributed by atoms with van der Waals surface area (Å²) in [6, 6.07) is 0. The predicted molar refractivity (Wildman–Crippen MR) is 97.3 cm³/mol. The van der Waals surface area contributed by atoms with Crippen LogP contribution in [0, 0.1) is 11.8 Å². The van der Waals surface area contributed by atoms with Gasteiger partial charge in [0, 0.05) is 17.0 Å². The van der Waals surface area contributed by atoms with Gasteiger partial charge in [0.15, 0.2) is 5.78 Å². The van der Waals surface area contributed by atoms with Crippen molar-refractivity contribution in [3.63, 3.8) is 0 Å². The fourth-order valence-electron chi connectivity index (χ4n) is 5.27. The van der Waals surface area contributed by atoms with Crippen LogP contribution in [0.15, 0.2) is 36.7 Å². The summed E-state index contributed by atoms with van der Waals surface area (Å²) in [7, 11) is 0. The van der Waals surface area contributed by atoms with Crippen molar-refractivity contribution in [2.24, 2.45) is 11.8 Å². The topological polar surface area (TPSA) is 41.1 Å². The quantitative estimate of drug-likeness (QED) is 0.771. The van der Waals surface area contributed by atoms with Gasteiger partial charge in [0.05, 0.1) is 0 Å². The Labute approximate surface area is 145 Å². The molecule has 0 unspecified atom stereocenters. The van der Waals surface area contributed by atoms with Crippen LogP contribution in [0.25, 0.3) is 0 Å². The lowest BCUT2D eigenvalue weighted by Gasteiger charge is -2.40. The molecule has 0 amide bonds. The standard InChI is InChI=1S/C21H30N2O/c1-16(17-4-10-20(11-5-17)8-2-14-22-20)19(24)18-6-12-21(13-7-18)9-3-15-23-21/h2-3,14-15,17-18,22-23H,1,4-13H2. The molecule has 0 aromatic rings. The lowest BCUT2D eigenvalue weighted by molar-refractivity contribution is -0.121. The van der Waals surface area contributed by atoms with E-state index in [-0.39, 0.29) is 17.0 Å². The van der Waals surface area contributed by atoms with Gasteiger partial charge in [-0.05, 0) is 88.1 Å². The third kappa shape index (κ3) is 2.82. The zero-order valence-corrected chi connectivity index (χ0v) is 14.7. The Hall–Kier alpha value is -1.51. The van der Waals surface area contributed by atoms with E-state index in [9.17, 15) is 4.79 Å². The molecule has 130 valence electrons. The van der Waals surface area contributed by atoms with Crippen molar-refractivity contribution >= 4 is 5.78 Å². The van der Waals surface area contributed by atoms with E-state index >= 15 is 0 Å². The first-order chi connectivity index (χ1) is 11.6. The highest BCUT2D eigenvalue weighted by Gasteiger charge is 2.40. The molecule has 0 saturated heterocycles. The van der Waals surface area contributed by atoms with Crippen LogP contribution in [0.4, 0.5) is 0 Å². The molecule has 0 bridgehead atoms. The zero-order chi connectivity index (χ0) is 16.6. The van der Waals surface area contributed by atoms with E-state index in [1.165, 1.54) is 12.8 Å². The Balaban J connectivity index is 1.30. The number of Topliss-reactive ketones (excluding diaryl/α,β-unsaturated/α-hetero) is 1. The summed E-state index contributed by atoms with van der Waals surface area (Å²) in [5, 5.41) is 7.07. The molecule has 3 nitrogen and oxygen atoms in total. The maximum Gasteiger partial charge on any atom is 0.161 e. The Morgan fingerprint density at radius 3 is 1.71 bits per heavy atom. The number of ketones is 1. The third-order valence-electron chi connectivity index (χ3n) is 7.10. The predicted octanol–water partition coefficient (Wildman–Crippen LogP) is 3.98. The zero-order valence-electron chi connectivity index (χ0n) is 14.7. The monoisotopic (exact) mass is 326 g/mol. The van der Waals surface area contributed by atoms with Gasteiger partial charge >= 0.3 is 0 Å². The van der Waals surface area contributed by atoms with Gasteiger partial charge in [0.1, 0.15) is 0 Å². The van der Waals surface area contributed by atoms with Crippen LogP contribution in [-0.2, 0) is 4.79 Å². The van der Waals surface area contributed by atoms with Gasteiger partial charge in [0.2, 0.25) is 0 Å². The molecule has 2 heterocycles. The van der Waals surface area contributed by atoms with E-state index in [4.69, 9.17) is 0 Å². The lowest BCUT2D eigenvalue weighted by Crippen LogP contribution is -2.44. The van der Waals surface area contributed by atoms with Gasteiger partial charge in [-0.3, -0.25) is 4.79 Å². The van der Waals surface area contributed by atoms with Crippen LogP contribution >= 0.6 is 0 Å². The van der Waals surface area contributed by atoms with E-state index in [1.54, 1.807) is 0 Å². The van der Waals surface area contributed by atoms with E-state index in [0.717, 1.165) is 56.9 Å². The first kappa shape index (κ1) is 16.0. The largest absolute Gasteiger partial charge is 0.385 e. The maximum atomic E-state index is 12.9. The second-order valence-electron chi connectivity index (χ2n) is 8.50. The molecule has 24 heavy (non-hydrogen) atoms. The van der Waals surface area contributed by atoms with Crippen LogP contribution in [-0.4, -0.2) is 16.9 Å². The Morgan fingerprint density at radius 1 is 0.833 bits per heavy atom. The summed E-state index contributed by atoms with van der Waals surface area (Å²) < 4.78 is 0. The molecule has 2 aliphatic carbocycles. The van der Waals surface area contributed by atoms with E-state index < -0.39 is 0 Å². The van der Waals surface area contributed by atoms with Gasteiger partial charge in [0.25, 0.3) is 0 Å². The van der Waals surface area contributed by atoms with Crippen molar-refractivity contribution < 1.29 is 4.79 Å². The van der Waals surface area contributed by atoms with Crippen molar-refractivity contribution in [2.45, 2.75) is 75.3 Å². The van der Waals surface area contributed by atoms with E-state index in [0.29, 0.717) is 11.7 Å². The number of hydrogen-bond donors (Lipinski definition) is 2. The molecule has 2 N–H and O–H groups in total. The van der Waals surface area contributed by atoms with E-state index in [1.807, 2.05) is 0 Å². The second kappa shape index (κ2) is 6.09. The molecule has 2 saturated carbocycles. The van der Waals surface area contributed by atoms with Crippen molar-refractivity contribution in [1.82, 2.24) is 10.6 Å². The van der Waals surface area contributed by atoms with Crippen molar-refractivity contribution in [2.75, 3.05) is 0 Å². The molecule has 3 heteroatoms. The SMILES string of the molecule is C=C(C(=O)C1CCC2(CC=CN2)CC1)C1CCC2(CC=CN2)CC1. The van der Waals surface area contributed by atoms with Crippen LogP contribution in [0.1, 0.15) is 64.2 Å². The number of hydrogen-bond acceptors (Lipinski definition) is 3.